The number of nitrogen functional groups attached to an aromatic ring is 1. The van der Waals surface area contributed by atoms with Crippen molar-refractivity contribution in [3.63, 3.8) is 0 Å². The molecule has 0 spiro atoms. The lowest BCUT2D eigenvalue weighted by molar-refractivity contribution is 0.102. The lowest BCUT2D eigenvalue weighted by atomic mass is 10.2. The second-order valence-electron chi connectivity index (χ2n) is 4.97. The number of carbonyl (C=O) groups is 1. The summed E-state index contributed by atoms with van der Waals surface area (Å²) in [5, 5.41) is 9.69. The molecule has 0 saturated heterocycles. The van der Waals surface area contributed by atoms with Gasteiger partial charge in [-0.3, -0.25) is 9.89 Å². The predicted octanol–water partition coefficient (Wildman–Crippen LogP) is 2.89. The van der Waals surface area contributed by atoms with Crippen LogP contribution in [-0.2, 0) is 0 Å². The number of amides is 1. The van der Waals surface area contributed by atoms with E-state index in [1.165, 1.54) is 0 Å². The molecule has 110 valence electrons. The van der Waals surface area contributed by atoms with Gasteiger partial charge < -0.3 is 15.8 Å². The number of rotatable bonds is 4. The highest BCUT2D eigenvalue weighted by Gasteiger charge is 2.30. The maximum absolute atomic E-state index is 12.3. The first-order chi connectivity index (χ1) is 10.1. The van der Waals surface area contributed by atoms with Gasteiger partial charge in [-0.05, 0) is 40.9 Å². The van der Waals surface area contributed by atoms with Crippen LogP contribution >= 0.6 is 15.9 Å². The Kier molecular flexibility index (Phi) is 3.59. The number of nitrogens with one attached hydrogen (secondary N) is 2. The van der Waals surface area contributed by atoms with Crippen molar-refractivity contribution in [3.05, 3.63) is 34.1 Å². The van der Waals surface area contributed by atoms with E-state index >= 15 is 0 Å². The van der Waals surface area contributed by atoms with Crippen LogP contribution in [0.5, 0.6) is 5.75 Å². The minimum Gasteiger partial charge on any atom is -0.497 e. The van der Waals surface area contributed by atoms with E-state index in [4.69, 9.17) is 10.5 Å². The molecule has 2 aromatic rings. The Bertz CT molecular complexity index is 694. The summed E-state index contributed by atoms with van der Waals surface area (Å²) in [5.41, 5.74) is 8.14. The SMILES string of the molecule is COc1ccc(Br)c(NC(=O)c2n[nH]c(C3CC3)c2N)c1. The number of methoxy groups -OCH3 is 1. The van der Waals surface area contributed by atoms with Crippen LogP contribution in [0.1, 0.15) is 34.9 Å². The summed E-state index contributed by atoms with van der Waals surface area (Å²) >= 11 is 3.39. The fraction of sp³-hybridized carbons (Fsp3) is 0.286. The highest BCUT2D eigenvalue weighted by atomic mass is 79.9. The quantitative estimate of drug-likeness (QED) is 0.790. The molecule has 4 N–H and O–H groups in total. The van der Waals surface area contributed by atoms with Gasteiger partial charge in [0, 0.05) is 16.5 Å². The molecule has 1 aliphatic carbocycles. The molecule has 0 unspecified atom stereocenters. The summed E-state index contributed by atoms with van der Waals surface area (Å²) < 4.78 is 5.90. The molecule has 0 bridgehead atoms. The molecule has 1 aromatic carbocycles. The molecule has 6 nitrogen and oxygen atoms in total. The van der Waals surface area contributed by atoms with E-state index in [1.807, 2.05) is 0 Å². The minimum atomic E-state index is -0.343. The van der Waals surface area contributed by atoms with Crippen molar-refractivity contribution in [2.75, 3.05) is 18.2 Å². The summed E-state index contributed by atoms with van der Waals surface area (Å²) in [6, 6.07) is 5.33. The van der Waals surface area contributed by atoms with Gasteiger partial charge in [-0.2, -0.15) is 5.10 Å². The maximum atomic E-state index is 12.3. The molecular formula is C14H15BrN4O2. The van der Waals surface area contributed by atoms with Crippen molar-refractivity contribution >= 4 is 33.2 Å². The summed E-state index contributed by atoms with van der Waals surface area (Å²) in [6.07, 6.45) is 2.18. The Morgan fingerprint density at radius 3 is 2.95 bits per heavy atom. The zero-order chi connectivity index (χ0) is 15.0. The van der Waals surface area contributed by atoms with Crippen LogP contribution in [0.15, 0.2) is 22.7 Å². The van der Waals surface area contributed by atoms with E-state index in [9.17, 15) is 4.79 Å². The van der Waals surface area contributed by atoms with Gasteiger partial charge in [0.25, 0.3) is 5.91 Å². The molecule has 1 amide bonds. The van der Waals surface area contributed by atoms with Crippen molar-refractivity contribution in [1.29, 1.82) is 0 Å². The van der Waals surface area contributed by atoms with Crippen LogP contribution < -0.4 is 15.8 Å². The highest BCUT2D eigenvalue weighted by molar-refractivity contribution is 9.10. The molecule has 1 saturated carbocycles. The third kappa shape index (κ3) is 2.73. The van der Waals surface area contributed by atoms with Crippen molar-refractivity contribution in [1.82, 2.24) is 10.2 Å². The number of carbonyl (C=O) groups excluding carboxylic acids is 1. The molecule has 7 heteroatoms. The number of nitrogens with two attached hydrogens (primary N) is 1. The third-order valence-corrected chi connectivity index (χ3v) is 4.15. The van der Waals surface area contributed by atoms with Gasteiger partial charge in [0.05, 0.1) is 24.2 Å². The van der Waals surface area contributed by atoms with Gasteiger partial charge in [0.2, 0.25) is 0 Å². The van der Waals surface area contributed by atoms with Crippen LogP contribution in [0.2, 0.25) is 0 Å². The minimum absolute atomic E-state index is 0.228. The number of H-pyrrole nitrogens is 1. The lowest BCUT2D eigenvalue weighted by Crippen LogP contribution is -2.14. The Labute approximate surface area is 130 Å². The Morgan fingerprint density at radius 2 is 2.29 bits per heavy atom. The van der Waals surface area contributed by atoms with E-state index < -0.39 is 0 Å². The smallest absolute Gasteiger partial charge is 0.278 e. The summed E-state index contributed by atoms with van der Waals surface area (Å²) in [4.78, 5) is 12.3. The fourth-order valence-electron chi connectivity index (χ4n) is 2.13. The summed E-state index contributed by atoms with van der Waals surface area (Å²) in [7, 11) is 1.57. The maximum Gasteiger partial charge on any atom is 0.278 e. The Morgan fingerprint density at radius 1 is 1.52 bits per heavy atom. The molecule has 0 radical (unpaired) electrons. The average Bonchev–Trinajstić information content (AvgIpc) is 3.24. The summed E-state index contributed by atoms with van der Waals surface area (Å²) in [6.45, 7) is 0. The Balaban J connectivity index is 1.83. The first kappa shape index (κ1) is 13.9. The first-order valence-corrected chi connectivity index (χ1v) is 7.38. The van der Waals surface area contributed by atoms with E-state index in [2.05, 4.69) is 31.4 Å². The number of aromatic nitrogens is 2. The third-order valence-electron chi connectivity index (χ3n) is 3.46. The van der Waals surface area contributed by atoms with Gasteiger partial charge in [-0.15, -0.1) is 0 Å². The zero-order valence-corrected chi connectivity index (χ0v) is 13.0. The number of aromatic amines is 1. The van der Waals surface area contributed by atoms with Gasteiger partial charge in [0.1, 0.15) is 5.75 Å². The van der Waals surface area contributed by atoms with Crippen LogP contribution in [0.25, 0.3) is 0 Å². The molecule has 0 atom stereocenters. The van der Waals surface area contributed by atoms with Crippen LogP contribution in [0.3, 0.4) is 0 Å². The normalized spacial score (nSPS) is 14.0. The average molecular weight is 351 g/mol. The number of benzene rings is 1. The van der Waals surface area contributed by atoms with Crippen LogP contribution in [-0.4, -0.2) is 23.2 Å². The van der Waals surface area contributed by atoms with Gasteiger partial charge in [0.15, 0.2) is 5.69 Å². The second kappa shape index (κ2) is 5.40. The molecule has 3 rings (SSSR count). The van der Waals surface area contributed by atoms with E-state index in [0.717, 1.165) is 23.0 Å². The lowest BCUT2D eigenvalue weighted by Gasteiger charge is -2.08. The molecule has 21 heavy (non-hydrogen) atoms. The van der Waals surface area contributed by atoms with Crippen molar-refractivity contribution < 1.29 is 9.53 Å². The molecule has 0 aliphatic heterocycles. The van der Waals surface area contributed by atoms with Gasteiger partial charge in [-0.25, -0.2) is 0 Å². The van der Waals surface area contributed by atoms with Gasteiger partial charge in [-0.1, -0.05) is 0 Å². The zero-order valence-electron chi connectivity index (χ0n) is 11.4. The molecule has 1 heterocycles. The monoisotopic (exact) mass is 350 g/mol. The Hall–Kier alpha value is -2.02. The number of hydrogen-bond donors (Lipinski definition) is 3. The number of nitrogens with zero attached hydrogens (tertiary/aromatic N) is 1. The fourth-order valence-corrected chi connectivity index (χ4v) is 2.47. The largest absolute Gasteiger partial charge is 0.497 e. The number of hydrogen-bond acceptors (Lipinski definition) is 4. The van der Waals surface area contributed by atoms with E-state index in [1.54, 1.807) is 25.3 Å². The van der Waals surface area contributed by atoms with E-state index in [-0.39, 0.29) is 11.6 Å². The van der Waals surface area contributed by atoms with Crippen LogP contribution in [0, 0.1) is 0 Å². The van der Waals surface area contributed by atoms with Crippen LogP contribution in [0.4, 0.5) is 11.4 Å². The van der Waals surface area contributed by atoms with Crippen molar-refractivity contribution in [2.24, 2.45) is 0 Å². The molecule has 1 aliphatic rings. The second-order valence-corrected chi connectivity index (χ2v) is 5.83. The van der Waals surface area contributed by atoms with Crippen molar-refractivity contribution in [2.45, 2.75) is 18.8 Å². The summed E-state index contributed by atoms with van der Waals surface area (Å²) in [5.74, 6) is 0.731. The standard InChI is InChI=1S/C14H15BrN4O2/c1-21-8-4-5-9(15)10(6-8)17-14(20)13-11(16)12(18-19-13)7-2-3-7/h4-7H,2-3,16H2,1H3,(H,17,20)(H,18,19). The van der Waals surface area contributed by atoms with E-state index in [0.29, 0.717) is 23.0 Å². The first-order valence-electron chi connectivity index (χ1n) is 6.58. The number of halogens is 1. The van der Waals surface area contributed by atoms with Gasteiger partial charge >= 0.3 is 0 Å². The molecular weight excluding hydrogens is 336 g/mol. The number of ether oxygens (including phenoxy) is 1. The highest BCUT2D eigenvalue weighted by Crippen LogP contribution is 2.42. The predicted molar refractivity (Wildman–Crippen MR) is 83.6 cm³/mol. The molecule has 1 fully saturated rings. The number of anilines is 2. The molecule has 1 aromatic heterocycles. The topological polar surface area (TPSA) is 93.0 Å². The van der Waals surface area contributed by atoms with Crippen molar-refractivity contribution in [3.8, 4) is 5.75 Å².